The quantitative estimate of drug-likeness (QED) is 0.595. The van der Waals surface area contributed by atoms with Crippen molar-refractivity contribution in [2.75, 3.05) is 9.62 Å². The second-order valence-electron chi connectivity index (χ2n) is 7.65. The number of sulfonamides is 1. The van der Waals surface area contributed by atoms with Gasteiger partial charge in [0, 0.05) is 18.7 Å². The first-order valence-electron chi connectivity index (χ1n) is 10.1. The molecule has 3 aromatic rings. The Morgan fingerprint density at radius 2 is 1.91 bits per heavy atom. The van der Waals surface area contributed by atoms with Gasteiger partial charge in [0.2, 0.25) is 5.91 Å². The topological polar surface area (TPSA) is 109 Å². The molecule has 0 radical (unpaired) electrons. The first-order chi connectivity index (χ1) is 15.3. The lowest BCUT2D eigenvalue weighted by Crippen LogP contribution is -2.33. The van der Waals surface area contributed by atoms with Gasteiger partial charge in [0.1, 0.15) is 5.76 Å². The van der Waals surface area contributed by atoms with Crippen LogP contribution in [0.25, 0.3) is 0 Å². The third-order valence-electron chi connectivity index (χ3n) is 5.34. The standard InChI is InChI=1S/C23H23N3O5S/c1-15-12-17-13-19(9-10-22(17)26(15)16(2)27)32(29,30)25-21-8-4-3-7-20(21)23(28)24-14-18-6-5-11-31-18/h3-11,13,15,25H,12,14H2,1-2H3,(H,24,28). The van der Waals surface area contributed by atoms with Crippen molar-refractivity contribution in [1.29, 1.82) is 0 Å². The predicted molar refractivity (Wildman–Crippen MR) is 120 cm³/mol. The number of benzene rings is 2. The molecule has 2 amide bonds. The van der Waals surface area contributed by atoms with Crippen LogP contribution in [0.1, 0.15) is 35.5 Å². The predicted octanol–water partition coefficient (Wildman–Crippen LogP) is 3.31. The van der Waals surface area contributed by atoms with Gasteiger partial charge in [-0.1, -0.05) is 12.1 Å². The minimum Gasteiger partial charge on any atom is -0.467 e. The summed E-state index contributed by atoms with van der Waals surface area (Å²) in [6.07, 6.45) is 2.08. The average molecular weight is 454 g/mol. The molecule has 1 atom stereocenters. The third-order valence-corrected chi connectivity index (χ3v) is 6.70. The first kappa shape index (κ1) is 21.6. The van der Waals surface area contributed by atoms with E-state index < -0.39 is 15.9 Å². The number of carbonyl (C=O) groups excluding carboxylic acids is 2. The maximum atomic E-state index is 13.1. The van der Waals surface area contributed by atoms with E-state index in [1.54, 1.807) is 47.4 Å². The molecule has 0 saturated heterocycles. The van der Waals surface area contributed by atoms with Crippen molar-refractivity contribution in [2.45, 2.75) is 37.8 Å². The van der Waals surface area contributed by atoms with Gasteiger partial charge in [-0.3, -0.25) is 14.3 Å². The maximum Gasteiger partial charge on any atom is 0.261 e. The summed E-state index contributed by atoms with van der Waals surface area (Å²) in [7, 11) is -3.96. The number of fused-ring (bicyclic) bond motifs is 1. The van der Waals surface area contributed by atoms with Crippen LogP contribution in [0, 0.1) is 0 Å². The van der Waals surface area contributed by atoms with Crippen LogP contribution < -0.4 is 14.9 Å². The summed E-state index contributed by atoms with van der Waals surface area (Å²) in [5.74, 6) is 0.0717. The Hall–Kier alpha value is -3.59. The molecule has 4 rings (SSSR count). The van der Waals surface area contributed by atoms with E-state index in [9.17, 15) is 18.0 Å². The first-order valence-corrected chi connectivity index (χ1v) is 11.6. The van der Waals surface area contributed by atoms with E-state index in [0.29, 0.717) is 12.2 Å². The highest BCUT2D eigenvalue weighted by molar-refractivity contribution is 7.92. The molecule has 9 heteroatoms. The van der Waals surface area contributed by atoms with Crippen molar-refractivity contribution >= 4 is 33.2 Å². The lowest BCUT2D eigenvalue weighted by Gasteiger charge is -2.20. The summed E-state index contributed by atoms with van der Waals surface area (Å²) in [5, 5.41) is 2.72. The molecule has 0 aliphatic carbocycles. The van der Waals surface area contributed by atoms with Crippen molar-refractivity contribution in [3.05, 3.63) is 77.7 Å². The largest absolute Gasteiger partial charge is 0.467 e. The Kier molecular flexibility index (Phi) is 5.75. The Bertz CT molecular complexity index is 1270. The van der Waals surface area contributed by atoms with Gasteiger partial charge in [-0.2, -0.15) is 0 Å². The van der Waals surface area contributed by atoms with Crippen LogP contribution in [-0.4, -0.2) is 26.3 Å². The molecule has 2 N–H and O–H groups in total. The normalized spacial score (nSPS) is 15.3. The summed E-state index contributed by atoms with van der Waals surface area (Å²) >= 11 is 0. The fourth-order valence-corrected chi connectivity index (χ4v) is 5.03. The number of rotatable bonds is 6. The monoisotopic (exact) mass is 453 g/mol. The van der Waals surface area contributed by atoms with Crippen LogP contribution in [0.4, 0.5) is 11.4 Å². The number of carbonyl (C=O) groups is 2. The third kappa shape index (κ3) is 4.24. The second-order valence-corrected chi connectivity index (χ2v) is 9.33. The van der Waals surface area contributed by atoms with E-state index in [4.69, 9.17) is 4.42 Å². The summed E-state index contributed by atoms with van der Waals surface area (Å²) in [6.45, 7) is 3.60. The second kappa shape index (κ2) is 8.51. The molecule has 1 unspecified atom stereocenters. The van der Waals surface area contributed by atoms with E-state index >= 15 is 0 Å². The molecule has 0 spiro atoms. The number of nitrogens with one attached hydrogen (secondary N) is 2. The van der Waals surface area contributed by atoms with Crippen molar-refractivity contribution in [1.82, 2.24) is 5.32 Å². The zero-order chi connectivity index (χ0) is 22.9. The van der Waals surface area contributed by atoms with Gasteiger partial charge in [-0.25, -0.2) is 8.42 Å². The summed E-state index contributed by atoms with van der Waals surface area (Å²) in [6, 6.07) is 14.5. The maximum absolute atomic E-state index is 13.1. The SMILES string of the molecule is CC(=O)N1c2ccc(S(=O)(=O)Nc3ccccc3C(=O)NCc3ccco3)cc2CC1C. The summed E-state index contributed by atoms with van der Waals surface area (Å²) < 4.78 is 33.9. The van der Waals surface area contributed by atoms with Gasteiger partial charge in [0.25, 0.3) is 15.9 Å². The number of nitrogens with zero attached hydrogens (tertiary/aromatic N) is 1. The molecule has 1 aromatic heterocycles. The molecular formula is C23H23N3O5S. The Labute approximate surface area is 186 Å². The fourth-order valence-electron chi connectivity index (χ4n) is 3.90. The molecule has 32 heavy (non-hydrogen) atoms. The van der Waals surface area contributed by atoms with Crippen molar-refractivity contribution in [3.63, 3.8) is 0 Å². The van der Waals surface area contributed by atoms with Gasteiger partial charge < -0.3 is 14.6 Å². The number of amides is 2. The number of furan rings is 1. The molecule has 1 aliphatic rings. The zero-order valence-electron chi connectivity index (χ0n) is 17.7. The lowest BCUT2D eigenvalue weighted by atomic mass is 10.1. The summed E-state index contributed by atoms with van der Waals surface area (Å²) in [4.78, 5) is 26.3. The lowest BCUT2D eigenvalue weighted by molar-refractivity contribution is -0.116. The van der Waals surface area contributed by atoms with Crippen LogP contribution in [0.2, 0.25) is 0 Å². The highest BCUT2D eigenvalue weighted by Crippen LogP contribution is 2.34. The molecule has 1 aliphatic heterocycles. The van der Waals surface area contributed by atoms with Gasteiger partial charge in [-0.15, -0.1) is 0 Å². The number of anilines is 2. The number of hydrogen-bond acceptors (Lipinski definition) is 5. The van der Waals surface area contributed by atoms with E-state index in [1.807, 2.05) is 6.92 Å². The number of hydrogen-bond donors (Lipinski definition) is 2. The smallest absolute Gasteiger partial charge is 0.261 e. The zero-order valence-corrected chi connectivity index (χ0v) is 18.5. The van der Waals surface area contributed by atoms with E-state index in [0.717, 1.165) is 11.3 Å². The van der Waals surface area contributed by atoms with Gasteiger partial charge in [-0.05, 0) is 61.4 Å². The van der Waals surface area contributed by atoms with Crippen molar-refractivity contribution in [3.8, 4) is 0 Å². The highest BCUT2D eigenvalue weighted by Gasteiger charge is 2.30. The van der Waals surface area contributed by atoms with Crippen LogP contribution in [0.5, 0.6) is 0 Å². The van der Waals surface area contributed by atoms with Crippen molar-refractivity contribution in [2.24, 2.45) is 0 Å². The molecule has 0 bridgehead atoms. The Balaban J connectivity index is 1.56. The van der Waals surface area contributed by atoms with Crippen LogP contribution in [-0.2, 0) is 27.8 Å². The Morgan fingerprint density at radius 1 is 1.12 bits per heavy atom. The fraction of sp³-hybridized carbons (Fsp3) is 0.217. The summed E-state index contributed by atoms with van der Waals surface area (Å²) in [5.41, 5.74) is 1.88. The van der Waals surface area contributed by atoms with Crippen LogP contribution in [0.15, 0.2) is 70.2 Å². The molecule has 166 valence electrons. The minimum atomic E-state index is -3.96. The van der Waals surface area contributed by atoms with E-state index in [2.05, 4.69) is 10.0 Å². The molecule has 8 nitrogen and oxygen atoms in total. The highest BCUT2D eigenvalue weighted by atomic mass is 32.2. The molecular weight excluding hydrogens is 430 g/mol. The van der Waals surface area contributed by atoms with Crippen molar-refractivity contribution < 1.29 is 22.4 Å². The molecule has 2 heterocycles. The average Bonchev–Trinajstić information content (AvgIpc) is 3.38. The molecule has 2 aromatic carbocycles. The van der Waals surface area contributed by atoms with Crippen LogP contribution >= 0.6 is 0 Å². The molecule has 0 fully saturated rings. The van der Waals surface area contributed by atoms with Gasteiger partial charge in [0.15, 0.2) is 0 Å². The Morgan fingerprint density at radius 3 is 2.62 bits per heavy atom. The molecule has 0 saturated carbocycles. The number of para-hydroxylation sites is 1. The minimum absolute atomic E-state index is 0.0352. The van der Waals surface area contributed by atoms with E-state index in [1.165, 1.54) is 25.3 Å². The van der Waals surface area contributed by atoms with Gasteiger partial charge in [0.05, 0.1) is 29.0 Å². The van der Waals surface area contributed by atoms with E-state index in [-0.39, 0.29) is 34.6 Å². The van der Waals surface area contributed by atoms with Crippen LogP contribution in [0.3, 0.4) is 0 Å². The van der Waals surface area contributed by atoms with Gasteiger partial charge >= 0.3 is 0 Å².